The van der Waals surface area contributed by atoms with Crippen LogP contribution in [0.25, 0.3) is 0 Å². The molecular weight excluding hydrogens is 160 g/mol. The molecule has 0 saturated carbocycles. The van der Waals surface area contributed by atoms with Crippen LogP contribution < -0.4 is 5.32 Å². The summed E-state index contributed by atoms with van der Waals surface area (Å²) in [5.74, 6) is 0. The average molecular weight is 182 g/mol. The van der Waals surface area contributed by atoms with Crippen LogP contribution >= 0.6 is 0 Å². The normalized spacial score (nSPS) is 13.2. The molecule has 0 aliphatic rings. The summed E-state index contributed by atoms with van der Waals surface area (Å²) in [6.07, 6.45) is 6.41. The molecule has 2 heteroatoms. The first-order chi connectivity index (χ1) is 6.16. The maximum absolute atomic E-state index is 3.34. The van der Waals surface area contributed by atoms with Gasteiger partial charge in [0.05, 0.1) is 0 Å². The zero-order valence-electron chi connectivity index (χ0n) is 9.30. The Labute approximate surface area is 82.3 Å². The van der Waals surface area contributed by atoms with Crippen LogP contribution in [0.1, 0.15) is 13.8 Å². The Bertz CT molecular complexity index is 169. The average Bonchev–Trinajstić information content (AvgIpc) is 2.10. The van der Waals surface area contributed by atoms with Crippen molar-refractivity contribution in [3.63, 3.8) is 0 Å². The molecule has 0 bridgehead atoms. The maximum atomic E-state index is 3.34. The van der Waals surface area contributed by atoms with Crippen LogP contribution in [0.3, 0.4) is 0 Å². The van der Waals surface area contributed by atoms with Gasteiger partial charge in [-0.25, -0.2) is 0 Å². The van der Waals surface area contributed by atoms with Crippen LogP contribution in [0.5, 0.6) is 0 Å². The predicted molar refractivity (Wildman–Crippen MR) is 60.0 cm³/mol. The highest BCUT2D eigenvalue weighted by Gasteiger charge is 1.86. The minimum absolute atomic E-state index is 0.957. The van der Waals surface area contributed by atoms with Crippen molar-refractivity contribution in [2.24, 2.45) is 0 Å². The van der Waals surface area contributed by atoms with Gasteiger partial charge in [-0.05, 0) is 27.9 Å². The van der Waals surface area contributed by atoms with Crippen LogP contribution in [0.15, 0.2) is 23.8 Å². The highest BCUT2D eigenvalue weighted by atomic mass is 15.1. The number of likely N-dealkylation sites (N-methyl/N-ethyl adjacent to an activating group) is 1. The Hall–Kier alpha value is -0.600. The number of nitrogens with zero attached hydrogens (tertiary/aromatic N) is 1. The van der Waals surface area contributed by atoms with Gasteiger partial charge in [-0.1, -0.05) is 23.8 Å². The summed E-state index contributed by atoms with van der Waals surface area (Å²) >= 11 is 0. The molecule has 2 nitrogen and oxygen atoms in total. The predicted octanol–water partition coefficient (Wildman–Crippen LogP) is 1.66. The zero-order chi connectivity index (χ0) is 10.1. The van der Waals surface area contributed by atoms with Crippen molar-refractivity contribution < 1.29 is 0 Å². The van der Waals surface area contributed by atoms with Crippen LogP contribution in [0.4, 0.5) is 0 Å². The van der Waals surface area contributed by atoms with Crippen molar-refractivity contribution in [3.05, 3.63) is 23.8 Å². The molecule has 0 aromatic rings. The Morgan fingerprint density at radius 3 is 2.62 bits per heavy atom. The highest BCUT2D eigenvalue weighted by Crippen LogP contribution is 1.91. The van der Waals surface area contributed by atoms with Gasteiger partial charge in [0.25, 0.3) is 0 Å². The minimum atomic E-state index is 0.957. The molecule has 0 saturated heterocycles. The molecule has 1 N–H and O–H groups in total. The lowest BCUT2D eigenvalue weighted by Crippen LogP contribution is -2.26. The standard InChI is InChI=1S/C11H22N2/c1-5-11(2)7-6-8-12-9-10-13(3)4/h5-7,12H,8-10H2,1-4H3/b7-6-,11-5-. The van der Waals surface area contributed by atoms with E-state index in [2.05, 4.69) is 56.4 Å². The van der Waals surface area contributed by atoms with Crippen LogP contribution in [-0.2, 0) is 0 Å². The van der Waals surface area contributed by atoms with Gasteiger partial charge in [0.15, 0.2) is 0 Å². The summed E-state index contributed by atoms with van der Waals surface area (Å²) in [5, 5.41) is 3.34. The monoisotopic (exact) mass is 182 g/mol. The van der Waals surface area contributed by atoms with E-state index in [9.17, 15) is 0 Å². The van der Waals surface area contributed by atoms with Gasteiger partial charge in [0, 0.05) is 19.6 Å². The molecule has 0 radical (unpaired) electrons. The number of allylic oxidation sites excluding steroid dienone is 3. The van der Waals surface area contributed by atoms with E-state index >= 15 is 0 Å². The molecule has 0 aromatic heterocycles. The third-order valence-corrected chi connectivity index (χ3v) is 1.83. The summed E-state index contributed by atoms with van der Waals surface area (Å²) in [6, 6.07) is 0. The largest absolute Gasteiger partial charge is 0.312 e. The van der Waals surface area contributed by atoms with Crippen molar-refractivity contribution in [1.29, 1.82) is 0 Å². The molecule has 0 aromatic carbocycles. The van der Waals surface area contributed by atoms with E-state index in [0.717, 1.165) is 19.6 Å². The van der Waals surface area contributed by atoms with E-state index < -0.39 is 0 Å². The van der Waals surface area contributed by atoms with Gasteiger partial charge in [0.1, 0.15) is 0 Å². The van der Waals surface area contributed by atoms with Crippen molar-refractivity contribution in [3.8, 4) is 0 Å². The molecule has 0 atom stereocenters. The van der Waals surface area contributed by atoms with E-state index in [-0.39, 0.29) is 0 Å². The molecule has 13 heavy (non-hydrogen) atoms. The first-order valence-electron chi connectivity index (χ1n) is 4.81. The van der Waals surface area contributed by atoms with Gasteiger partial charge in [0.2, 0.25) is 0 Å². The van der Waals surface area contributed by atoms with Crippen molar-refractivity contribution in [2.75, 3.05) is 33.7 Å². The Morgan fingerprint density at radius 2 is 2.08 bits per heavy atom. The SMILES string of the molecule is C/C=C(C)\C=C/CNCCN(C)C. The van der Waals surface area contributed by atoms with E-state index in [1.54, 1.807) is 0 Å². The second-order valence-corrected chi connectivity index (χ2v) is 3.44. The summed E-state index contributed by atoms with van der Waals surface area (Å²) in [5.41, 5.74) is 1.31. The van der Waals surface area contributed by atoms with E-state index in [1.807, 2.05) is 0 Å². The van der Waals surface area contributed by atoms with Crippen LogP contribution in [0, 0.1) is 0 Å². The maximum Gasteiger partial charge on any atom is 0.0138 e. The van der Waals surface area contributed by atoms with Crippen molar-refractivity contribution in [2.45, 2.75) is 13.8 Å². The third kappa shape index (κ3) is 9.31. The van der Waals surface area contributed by atoms with E-state index in [0.29, 0.717) is 0 Å². The smallest absolute Gasteiger partial charge is 0.0138 e. The lowest BCUT2D eigenvalue weighted by molar-refractivity contribution is 0.404. The highest BCUT2D eigenvalue weighted by molar-refractivity contribution is 5.14. The molecule has 0 heterocycles. The van der Waals surface area contributed by atoms with Gasteiger partial charge >= 0.3 is 0 Å². The summed E-state index contributed by atoms with van der Waals surface area (Å²) < 4.78 is 0. The first kappa shape index (κ1) is 12.4. The Morgan fingerprint density at radius 1 is 1.38 bits per heavy atom. The summed E-state index contributed by atoms with van der Waals surface area (Å²) in [4.78, 5) is 2.17. The van der Waals surface area contributed by atoms with Gasteiger partial charge in [-0.3, -0.25) is 0 Å². The van der Waals surface area contributed by atoms with Crippen LogP contribution in [0.2, 0.25) is 0 Å². The molecule has 0 aliphatic carbocycles. The number of rotatable bonds is 6. The second-order valence-electron chi connectivity index (χ2n) is 3.44. The van der Waals surface area contributed by atoms with Crippen LogP contribution in [-0.4, -0.2) is 38.6 Å². The summed E-state index contributed by atoms with van der Waals surface area (Å²) in [7, 11) is 4.17. The Balaban J connectivity index is 3.30. The van der Waals surface area contributed by atoms with E-state index in [1.165, 1.54) is 5.57 Å². The molecule has 0 unspecified atom stereocenters. The molecule has 76 valence electrons. The van der Waals surface area contributed by atoms with Gasteiger partial charge in [-0.15, -0.1) is 0 Å². The number of nitrogens with one attached hydrogen (secondary N) is 1. The number of hydrogen-bond acceptors (Lipinski definition) is 2. The first-order valence-corrected chi connectivity index (χ1v) is 4.81. The topological polar surface area (TPSA) is 15.3 Å². The lowest BCUT2D eigenvalue weighted by Gasteiger charge is -2.08. The van der Waals surface area contributed by atoms with Crippen molar-refractivity contribution >= 4 is 0 Å². The fraction of sp³-hybridized carbons (Fsp3) is 0.636. The van der Waals surface area contributed by atoms with E-state index in [4.69, 9.17) is 0 Å². The minimum Gasteiger partial charge on any atom is -0.312 e. The van der Waals surface area contributed by atoms with Gasteiger partial charge in [-0.2, -0.15) is 0 Å². The molecule has 0 rings (SSSR count). The number of hydrogen-bond donors (Lipinski definition) is 1. The third-order valence-electron chi connectivity index (χ3n) is 1.83. The molecule has 0 amide bonds. The molecule has 0 aliphatic heterocycles. The molecule has 0 fully saturated rings. The fourth-order valence-electron chi connectivity index (χ4n) is 0.829. The molecular formula is C11H22N2. The van der Waals surface area contributed by atoms with Gasteiger partial charge < -0.3 is 10.2 Å². The fourth-order valence-corrected chi connectivity index (χ4v) is 0.829. The molecule has 0 spiro atoms. The Kier molecular flexibility index (Phi) is 7.65. The van der Waals surface area contributed by atoms with Crippen molar-refractivity contribution in [1.82, 2.24) is 10.2 Å². The summed E-state index contributed by atoms with van der Waals surface area (Å²) in [6.45, 7) is 7.26. The quantitative estimate of drug-likeness (QED) is 0.496. The second kappa shape index (κ2) is 8.02. The lowest BCUT2D eigenvalue weighted by atomic mass is 10.2. The zero-order valence-corrected chi connectivity index (χ0v) is 9.30.